The van der Waals surface area contributed by atoms with E-state index in [-0.39, 0.29) is 5.97 Å². The van der Waals surface area contributed by atoms with E-state index in [1.807, 2.05) is 0 Å². The summed E-state index contributed by atoms with van der Waals surface area (Å²) in [7, 11) is 0. The van der Waals surface area contributed by atoms with Gasteiger partial charge in [0.05, 0.1) is 17.9 Å². The van der Waals surface area contributed by atoms with Gasteiger partial charge in [-0.3, -0.25) is 0 Å². The van der Waals surface area contributed by atoms with Crippen LogP contribution in [-0.4, -0.2) is 30.1 Å². The normalized spacial score (nSPS) is 15.3. The van der Waals surface area contributed by atoms with Gasteiger partial charge in [0.1, 0.15) is 0 Å². The second-order valence-corrected chi connectivity index (χ2v) is 5.04. The quantitative estimate of drug-likeness (QED) is 0.838. The Balaban J connectivity index is 2.30. The van der Waals surface area contributed by atoms with Gasteiger partial charge in [-0.25, -0.2) is 9.78 Å². The highest BCUT2D eigenvalue weighted by atomic mass is 16.5. The number of nitrogen functional groups attached to an aromatic ring is 1. The summed E-state index contributed by atoms with van der Waals surface area (Å²) >= 11 is 0. The van der Waals surface area contributed by atoms with Crippen LogP contribution in [0.2, 0.25) is 0 Å². The Labute approximate surface area is 120 Å². The molecule has 0 bridgehead atoms. The van der Waals surface area contributed by atoms with Crippen molar-refractivity contribution in [3.05, 3.63) is 17.8 Å². The molecule has 0 unspecified atom stereocenters. The first kappa shape index (κ1) is 14.6. The third kappa shape index (κ3) is 2.86. The number of ether oxygens (including phenoxy) is 1. The molecule has 2 rings (SSSR count). The maximum Gasteiger partial charge on any atom is 0.340 e. The maximum atomic E-state index is 11.9. The lowest BCUT2D eigenvalue weighted by molar-refractivity contribution is 0.0527. The topological polar surface area (TPSA) is 68.5 Å². The lowest BCUT2D eigenvalue weighted by atomic mass is 10.1. The zero-order chi connectivity index (χ0) is 14.5. The Morgan fingerprint density at radius 3 is 2.75 bits per heavy atom. The average molecular weight is 277 g/mol. The van der Waals surface area contributed by atoms with Crippen LogP contribution in [0.25, 0.3) is 0 Å². The number of hydrogen-bond donors (Lipinski definition) is 1. The Morgan fingerprint density at radius 2 is 2.15 bits per heavy atom. The highest BCUT2D eigenvalue weighted by Gasteiger charge is 2.25. The second kappa shape index (κ2) is 6.59. The number of esters is 1. The summed E-state index contributed by atoms with van der Waals surface area (Å²) < 4.78 is 5.04. The Bertz CT molecular complexity index is 470. The number of pyridine rings is 1. The molecule has 110 valence electrons. The van der Waals surface area contributed by atoms with Crippen molar-refractivity contribution in [2.45, 2.75) is 45.6 Å². The molecule has 1 aliphatic rings. The van der Waals surface area contributed by atoms with Crippen LogP contribution in [0.4, 0.5) is 11.5 Å². The largest absolute Gasteiger partial charge is 0.462 e. The highest BCUT2D eigenvalue weighted by molar-refractivity contribution is 5.97. The smallest absolute Gasteiger partial charge is 0.340 e. The van der Waals surface area contributed by atoms with Gasteiger partial charge in [0, 0.05) is 18.8 Å². The van der Waals surface area contributed by atoms with Crippen molar-refractivity contribution in [2.24, 2.45) is 0 Å². The highest BCUT2D eigenvalue weighted by Crippen LogP contribution is 2.31. The van der Waals surface area contributed by atoms with E-state index in [9.17, 15) is 4.79 Å². The number of nitrogens with two attached hydrogens (primary N) is 1. The Kier molecular flexibility index (Phi) is 4.82. The predicted octanol–water partition coefficient (Wildman–Crippen LogP) is 2.61. The molecule has 0 amide bonds. The van der Waals surface area contributed by atoms with E-state index >= 15 is 0 Å². The molecule has 0 spiro atoms. The van der Waals surface area contributed by atoms with E-state index in [0.717, 1.165) is 6.54 Å². The van der Waals surface area contributed by atoms with E-state index in [2.05, 4.69) is 16.8 Å². The molecular weight excluding hydrogens is 254 g/mol. The minimum Gasteiger partial charge on any atom is -0.462 e. The Hall–Kier alpha value is -1.78. The number of carbonyl (C=O) groups is 1. The number of carbonyl (C=O) groups excluding carboxylic acids is 1. The van der Waals surface area contributed by atoms with Crippen LogP contribution < -0.4 is 10.6 Å². The second-order valence-electron chi connectivity index (χ2n) is 5.04. The van der Waals surface area contributed by atoms with E-state index in [4.69, 9.17) is 10.5 Å². The van der Waals surface area contributed by atoms with Crippen LogP contribution in [0.1, 0.15) is 49.9 Å². The van der Waals surface area contributed by atoms with Crippen molar-refractivity contribution in [3.63, 3.8) is 0 Å². The van der Waals surface area contributed by atoms with Crippen molar-refractivity contribution in [3.8, 4) is 0 Å². The van der Waals surface area contributed by atoms with Crippen LogP contribution in [-0.2, 0) is 4.74 Å². The fourth-order valence-corrected chi connectivity index (χ4v) is 2.87. The molecule has 1 aromatic rings. The lowest BCUT2D eigenvalue weighted by Gasteiger charge is -2.30. The molecule has 2 N–H and O–H groups in total. The van der Waals surface area contributed by atoms with Crippen molar-refractivity contribution < 1.29 is 9.53 Å². The molecule has 5 nitrogen and oxygen atoms in total. The standard InChI is InChI=1S/C15H23N3O2/c1-3-18(11-7-5-6-8-11)14-13(16)12(9-10-17-14)15(19)20-4-2/h9-11H,3-8,16H2,1-2H3. The van der Waals surface area contributed by atoms with Crippen LogP contribution in [0, 0.1) is 0 Å². The van der Waals surface area contributed by atoms with Crippen molar-refractivity contribution in [1.29, 1.82) is 0 Å². The fourth-order valence-electron chi connectivity index (χ4n) is 2.87. The molecule has 0 aliphatic heterocycles. The lowest BCUT2D eigenvalue weighted by Crippen LogP contribution is -2.34. The van der Waals surface area contributed by atoms with E-state index in [0.29, 0.717) is 29.7 Å². The monoisotopic (exact) mass is 277 g/mol. The third-order valence-electron chi connectivity index (χ3n) is 3.84. The molecule has 5 heteroatoms. The molecule has 0 atom stereocenters. The van der Waals surface area contributed by atoms with Gasteiger partial charge in [0.25, 0.3) is 0 Å². The molecule has 20 heavy (non-hydrogen) atoms. The van der Waals surface area contributed by atoms with Crippen LogP contribution in [0.5, 0.6) is 0 Å². The van der Waals surface area contributed by atoms with Crippen molar-refractivity contribution >= 4 is 17.5 Å². The van der Waals surface area contributed by atoms with Crippen LogP contribution in [0.3, 0.4) is 0 Å². The molecule has 0 aromatic carbocycles. The predicted molar refractivity (Wildman–Crippen MR) is 79.9 cm³/mol. The number of aromatic nitrogens is 1. The SMILES string of the molecule is CCOC(=O)c1ccnc(N(CC)C2CCCC2)c1N. The first-order chi connectivity index (χ1) is 9.69. The third-order valence-corrected chi connectivity index (χ3v) is 3.84. The van der Waals surface area contributed by atoms with Gasteiger partial charge in [-0.15, -0.1) is 0 Å². The van der Waals surface area contributed by atoms with E-state index < -0.39 is 0 Å². The number of nitrogens with zero attached hydrogens (tertiary/aromatic N) is 2. The van der Waals surface area contributed by atoms with E-state index in [1.54, 1.807) is 19.2 Å². The minimum atomic E-state index is -0.379. The molecule has 0 saturated heterocycles. The van der Waals surface area contributed by atoms with E-state index in [1.165, 1.54) is 25.7 Å². The molecule has 1 fully saturated rings. The van der Waals surface area contributed by atoms with Gasteiger partial charge in [-0.2, -0.15) is 0 Å². The molecular formula is C15H23N3O2. The molecule has 1 heterocycles. The summed E-state index contributed by atoms with van der Waals surface area (Å²) in [4.78, 5) is 18.5. The Morgan fingerprint density at radius 1 is 1.45 bits per heavy atom. The zero-order valence-corrected chi connectivity index (χ0v) is 12.3. The van der Waals surface area contributed by atoms with Crippen molar-refractivity contribution in [1.82, 2.24) is 4.98 Å². The number of hydrogen-bond acceptors (Lipinski definition) is 5. The van der Waals surface area contributed by atoms with Gasteiger partial charge in [0.15, 0.2) is 5.82 Å². The van der Waals surface area contributed by atoms with Gasteiger partial charge in [-0.1, -0.05) is 12.8 Å². The summed E-state index contributed by atoms with van der Waals surface area (Å²) in [5.41, 5.74) is 6.99. The minimum absolute atomic E-state index is 0.343. The zero-order valence-electron chi connectivity index (χ0n) is 12.3. The molecule has 0 radical (unpaired) electrons. The van der Waals surface area contributed by atoms with Gasteiger partial charge < -0.3 is 15.4 Å². The molecule has 1 aromatic heterocycles. The fraction of sp³-hybridized carbons (Fsp3) is 0.600. The first-order valence-electron chi connectivity index (χ1n) is 7.37. The summed E-state index contributed by atoms with van der Waals surface area (Å²) in [6.45, 7) is 5.06. The van der Waals surface area contributed by atoms with Gasteiger partial charge >= 0.3 is 5.97 Å². The number of rotatable bonds is 5. The first-order valence-corrected chi connectivity index (χ1v) is 7.37. The number of anilines is 2. The van der Waals surface area contributed by atoms with Crippen LogP contribution in [0.15, 0.2) is 12.3 Å². The summed E-state index contributed by atoms with van der Waals surface area (Å²) in [5.74, 6) is 0.334. The van der Waals surface area contributed by atoms with Crippen molar-refractivity contribution in [2.75, 3.05) is 23.8 Å². The molecule has 1 saturated carbocycles. The average Bonchev–Trinajstić information content (AvgIpc) is 2.95. The molecule has 1 aliphatic carbocycles. The summed E-state index contributed by atoms with van der Waals surface area (Å²) in [6.07, 6.45) is 6.46. The van der Waals surface area contributed by atoms with Crippen LogP contribution >= 0.6 is 0 Å². The van der Waals surface area contributed by atoms with Gasteiger partial charge in [0.2, 0.25) is 0 Å². The maximum absolute atomic E-state index is 11.9. The summed E-state index contributed by atoms with van der Waals surface area (Å²) in [5, 5.41) is 0. The van der Waals surface area contributed by atoms with Gasteiger partial charge in [-0.05, 0) is 32.8 Å². The summed E-state index contributed by atoms with van der Waals surface area (Å²) in [6, 6.07) is 2.10.